The summed E-state index contributed by atoms with van der Waals surface area (Å²) in [5.74, 6) is 0.867. The zero-order valence-electron chi connectivity index (χ0n) is 7.33. The topological polar surface area (TPSA) is 34.0 Å². The lowest BCUT2D eigenvalue weighted by Crippen LogP contribution is -2.23. The molecular formula is C9H10N4. The lowest BCUT2D eigenvalue weighted by Gasteiger charge is -2.18. The van der Waals surface area contributed by atoms with E-state index in [0.29, 0.717) is 0 Å². The lowest BCUT2D eigenvalue weighted by molar-refractivity contribution is 0.763. The van der Waals surface area contributed by atoms with Gasteiger partial charge in [0.15, 0.2) is 5.82 Å². The monoisotopic (exact) mass is 174 g/mol. The van der Waals surface area contributed by atoms with E-state index >= 15 is 0 Å². The molecule has 0 unspecified atom stereocenters. The van der Waals surface area contributed by atoms with E-state index in [2.05, 4.69) is 9.97 Å². The van der Waals surface area contributed by atoms with Gasteiger partial charge in [-0.05, 0) is 12.1 Å². The van der Waals surface area contributed by atoms with Crippen molar-refractivity contribution in [2.75, 3.05) is 12.1 Å². The standard InChI is InChI=1S/C9H10N4/c1-12(13-6-2-3-7-13)9-4-5-10-8-11-9/h2-8H,1H3. The van der Waals surface area contributed by atoms with Crippen molar-refractivity contribution in [3.05, 3.63) is 43.1 Å². The summed E-state index contributed by atoms with van der Waals surface area (Å²) in [7, 11) is 1.95. The molecule has 0 aliphatic carbocycles. The van der Waals surface area contributed by atoms with Crippen LogP contribution in [0.2, 0.25) is 0 Å². The molecule has 0 aliphatic heterocycles. The lowest BCUT2D eigenvalue weighted by atomic mass is 10.6. The summed E-state index contributed by atoms with van der Waals surface area (Å²) in [6.45, 7) is 0. The van der Waals surface area contributed by atoms with Crippen LogP contribution in [0.3, 0.4) is 0 Å². The fraction of sp³-hybridized carbons (Fsp3) is 0.111. The molecule has 2 aromatic rings. The Morgan fingerprint density at radius 2 is 2.08 bits per heavy atom. The van der Waals surface area contributed by atoms with E-state index < -0.39 is 0 Å². The van der Waals surface area contributed by atoms with Gasteiger partial charge in [0.05, 0.1) is 0 Å². The second-order valence-corrected chi connectivity index (χ2v) is 2.65. The normalized spacial score (nSPS) is 9.92. The maximum absolute atomic E-state index is 4.13. The van der Waals surface area contributed by atoms with Gasteiger partial charge < -0.3 is 0 Å². The van der Waals surface area contributed by atoms with Crippen molar-refractivity contribution in [3.63, 3.8) is 0 Å². The van der Waals surface area contributed by atoms with Crippen molar-refractivity contribution >= 4 is 5.82 Å². The van der Waals surface area contributed by atoms with Crippen LogP contribution in [0, 0.1) is 0 Å². The van der Waals surface area contributed by atoms with Crippen LogP contribution >= 0.6 is 0 Å². The van der Waals surface area contributed by atoms with Crippen LogP contribution in [-0.2, 0) is 0 Å². The molecule has 0 amide bonds. The minimum atomic E-state index is 0.867. The second kappa shape index (κ2) is 3.26. The third kappa shape index (κ3) is 1.51. The maximum atomic E-state index is 4.13. The van der Waals surface area contributed by atoms with Crippen LogP contribution in [0.15, 0.2) is 43.1 Å². The molecule has 0 bridgehead atoms. The Hall–Kier alpha value is -1.84. The van der Waals surface area contributed by atoms with Gasteiger partial charge in [0.1, 0.15) is 6.33 Å². The molecular weight excluding hydrogens is 164 g/mol. The van der Waals surface area contributed by atoms with Gasteiger partial charge in [-0.2, -0.15) is 0 Å². The van der Waals surface area contributed by atoms with Gasteiger partial charge in [-0.25, -0.2) is 9.97 Å². The van der Waals surface area contributed by atoms with Gasteiger partial charge in [0.25, 0.3) is 0 Å². The van der Waals surface area contributed by atoms with E-state index in [1.807, 2.05) is 47.3 Å². The summed E-state index contributed by atoms with van der Waals surface area (Å²) >= 11 is 0. The van der Waals surface area contributed by atoms with Crippen LogP contribution in [0.5, 0.6) is 0 Å². The van der Waals surface area contributed by atoms with Crippen molar-refractivity contribution in [2.45, 2.75) is 0 Å². The smallest absolute Gasteiger partial charge is 0.150 e. The minimum absolute atomic E-state index is 0.867. The Balaban J connectivity index is 2.29. The highest BCUT2D eigenvalue weighted by molar-refractivity contribution is 5.34. The average Bonchev–Trinajstić information content (AvgIpc) is 2.71. The summed E-state index contributed by atoms with van der Waals surface area (Å²) in [5.41, 5.74) is 0. The maximum Gasteiger partial charge on any atom is 0.150 e. The first kappa shape index (κ1) is 7.79. The number of aromatic nitrogens is 3. The Morgan fingerprint density at radius 3 is 2.69 bits per heavy atom. The predicted molar refractivity (Wildman–Crippen MR) is 50.3 cm³/mol. The molecule has 2 rings (SSSR count). The molecule has 4 nitrogen and oxygen atoms in total. The van der Waals surface area contributed by atoms with Crippen molar-refractivity contribution in [3.8, 4) is 0 Å². The molecule has 0 aromatic carbocycles. The highest BCUT2D eigenvalue weighted by Gasteiger charge is 2.00. The van der Waals surface area contributed by atoms with Crippen LogP contribution in [-0.4, -0.2) is 21.7 Å². The molecule has 0 atom stereocenters. The fourth-order valence-electron chi connectivity index (χ4n) is 1.12. The highest BCUT2D eigenvalue weighted by Crippen LogP contribution is 2.06. The third-order valence-electron chi connectivity index (χ3n) is 1.83. The van der Waals surface area contributed by atoms with Gasteiger partial charge in [-0.15, -0.1) is 0 Å². The first-order valence-electron chi connectivity index (χ1n) is 4.01. The molecule has 0 aliphatic rings. The van der Waals surface area contributed by atoms with Crippen LogP contribution in [0.1, 0.15) is 0 Å². The Kier molecular flexibility index (Phi) is 1.96. The van der Waals surface area contributed by atoms with E-state index in [0.717, 1.165) is 5.82 Å². The third-order valence-corrected chi connectivity index (χ3v) is 1.83. The molecule has 13 heavy (non-hydrogen) atoms. The summed E-state index contributed by atoms with van der Waals surface area (Å²) in [6, 6.07) is 5.80. The van der Waals surface area contributed by atoms with Crippen LogP contribution in [0.25, 0.3) is 0 Å². The molecule has 0 fully saturated rings. The van der Waals surface area contributed by atoms with E-state index in [4.69, 9.17) is 0 Å². The van der Waals surface area contributed by atoms with Gasteiger partial charge in [0, 0.05) is 31.7 Å². The van der Waals surface area contributed by atoms with Crippen molar-refractivity contribution in [2.24, 2.45) is 0 Å². The number of rotatable bonds is 2. The Morgan fingerprint density at radius 1 is 1.31 bits per heavy atom. The number of hydrogen-bond acceptors (Lipinski definition) is 3. The second-order valence-electron chi connectivity index (χ2n) is 2.65. The van der Waals surface area contributed by atoms with E-state index in [9.17, 15) is 0 Å². The zero-order valence-corrected chi connectivity index (χ0v) is 7.33. The number of hydrogen-bond donors (Lipinski definition) is 0. The van der Waals surface area contributed by atoms with Crippen molar-refractivity contribution in [1.29, 1.82) is 0 Å². The van der Waals surface area contributed by atoms with E-state index in [-0.39, 0.29) is 0 Å². The predicted octanol–water partition coefficient (Wildman–Crippen LogP) is 1.18. The van der Waals surface area contributed by atoms with Gasteiger partial charge in [-0.1, -0.05) is 0 Å². The SMILES string of the molecule is CN(c1ccncn1)n1cccc1. The summed E-state index contributed by atoms with van der Waals surface area (Å²) < 4.78 is 1.95. The molecule has 2 aromatic heterocycles. The molecule has 0 saturated carbocycles. The zero-order chi connectivity index (χ0) is 9.10. The van der Waals surface area contributed by atoms with Gasteiger partial charge in [0.2, 0.25) is 0 Å². The molecule has 66 valence electrons. The molecule has 0 N–H and O–H groups in total. The summed E-state index contributed by atoms with van der Waals surface area (Å²) in [5, 5.41) is 1.93. The molecule has 0 saturated heterocycles. The minimum Gasteiger partial charge on any atom is -0.268 e. The molecule has 2 heterocycles. The first-order valence-corrected chi connectivity index (χ1v) is 4.01. The average molecular weight is 174 g/mol. The van der Waals surface area contributed by atoms with E-state index in [1.165, 1.54) is 6.33 Å². The quantitative estimate of drug-likeness (QED) is 0.685. The number of anilines is 1. The first-order chi connectivity index (χ1) is 6.38. The molecule has 4 heteroatoms. The highest BCUT2D eigenvalue weighted by atomic mass is 15.5. The van der Waals surface area contributed by atoms with Crippen molar-refractivity contribution in [1.82, 2.24) is 14.6 Å². The van der Waals surface area contributed by atoms with Crippen molar-refractivity contribution < 1.29 is 0 Å². The summed E-state index contributed by atoms with van der Waals surface area (Å²) in [4.78, 5) is 7.99. The fourth-order valence-corrected chi connectivity index (χ4v) is 1.12. The largest absolute Gasteiger partial charge is 0.268 e. The van der Waals surface area contributed by atoms with Crippen LogP contribution < -0.4 is 5.01 Å². The Bertz CT molecular complexity index is 354. The summed E-state index contributed by atoms with van der Waals surface area (Å²) in [6.07, 6.45) is 7.18. The number of nitrogens with zero attached hydrogens (tertiary/aromatic N) is 4. The van der Waals surface area contributed by atoms with E-state index in [1.54, 1.807) is 6.20 Å². The molecule has 0 radical (unpaired) electrons. The Labute approximate surface area is 76.4 Å². The van der Waals surface area contributed by atoms with Gasteiger partial charge in [-0.3, -0.25) is 9.69 Å². The van der Waals surface area contributed by atoms with Crippen LogP contribution in [0.4, 0.5) is 5.82 Å². The van der Waals surface area contributed by atoms with Gasteiger partial charge >= 0.3 is 0 Å². The molecule has 0 spiro atoms.